The number of benzene rings is 1. The fraction of sp³-hybridized carbons (Fsp3) is 0.571. The predicted molar refractivity (Wildman–Crippen MR) is 70.0 cm³/mol. The van der Waals surface area contributed by atoms with Gasteiger partial charge >= 0.3 is 6.18 Å². The Labute approximate surface area is 111 Å². The van der Waals surface area contributed by atoms with Crippen LogP contribution in [0.5, 0.6) is 0 Å². The lowest BCUT2D eigenvalue weighted by molar-refractivity contribution is -0.137. The maximum Gasteiger partial charge on any atom is 0.416 e. The molecule has 0 amide bonds. The number of nitrogens with zero attached hydrogens (tertiary/aromatic N) is 1. The van der Waals surface area contributed by atoms with Crippen molar-refractivity contribution in [1.29, 1.82) is 0 Å². The van der Waals surface area contributed by atoms with Gasteiger partial charge in [0, 0.05) is 25.3 Å². The summed E-state index contributed by atoms with van der Waals surface area (Å²) in [5.41, 5.74) is 6.36. The largest absolute Gasteiger partial charge is 0.416 e. The molecule has 0 saturated heterocycles. The van der Waals surface area contributed by atoms with Crippen LogP contribution >= 0.6 is 0 Å². The molecule has 1 aliphatic rings. The molecule has 5 heteroatoms. The minimum atomic E-state index is -4.31. The normalized spacial score (nSPS) is 16.9. The maximum atomic E-state index is 12.7. The van der Waals surface area contributed by atoms with Crippen LogP contribution in [0.15, 0.2) is 18.2 Å². The van der Waals surface area contributed by atoms with Crippen LogP contribution in [0, 0.1) is 0 Å². The second kappa shape index (κ2) is 5.41. The summed E-state index contributed by atoms with van der Waals surface area (Å²) in [6, 6.07) is 4.27. The van der Waals surface area contributed by atoms with Crippen molar-refractivity contribution < 1.29 is 13.2 Å². The van der Waals surface area contributed by atoms with Gasteiger partial charge in [-0.05, 0) is 36.6 Å². The molecule has 0 bridgehead atoms. The Morgan fingerprint density at radius 3 is 2.42 bits per heavy atom. The average molecular weight is 272 g/mol. The van der Waals surface area contributed by atoms with E-state index in [-0.39, 0.29) is 6.54 Å². The second-order valence-electron chi connectivity index (χ2n) is 5.09. The first-order valence-electron chi connectivity index (χ1n) is 6.56. The lowest BCUT2D eigenvalue weighted by atomic mass is 10.1. The number of hydrogen-bond donors (Lipinski definition) is 1. The summed E-state index contributed by atoms with van der Waals surface area (Å²) in [5, 5.41) is 0. The minimum Gasteiger partial charge on any atom is -0.371 e. The molecule has 106 valence electrons. The Morgan fingerprint density at radius 1 is 1.26 bits per heavy atom. The lowest BCUT2D eigenvalue weighted by Gasteiger charge is -2.29. The molecule has 0 unspecified atom stereocenters. The molecule has 0 radical (unpaired) electrons. The monoisotopic (exact) mass is 272 g/mol. The molecule has 1 aliphatic carbocycles. The second-order valence-corrected chi connectivity index (χ2v) is 5.09. The van der Waals surface area contributed by atoms with E-state index in [1.807, 2.05) is 7.05 Å². The van der Waals surface area contributed by atoms with Gasteiger partial charge in [-0.1, -0.05) is 12.8 Å². The van der Waals surface area contributed by atoms with Gasteiger partial charge in [0.05, 0.1) is 5.56 Å². The Kier molecular flexibility index (Phi) is 4.04. The van der Waals surface area contributed by atoms with E-state index in [0.717, 1.165) is 24.6 Å². The first kappa shape index (κ1) is 14.2. The van der Waals surface area contributed by atoms with Crippen LogP contribution in [0.4, 0.5) is 18.9 Å². The number of rotatable bonds is 3. The van der Waals surface area contributed by atoms with Gasteiger partial charge in [0.2, 0.25) is 0 Å². The minimum absolute atomic E-state index is 0.121. The molecular weight excluding hydrogens is 253 g/mol. The lowest BCUT2D eigenvalue weighted by Crippen LogP contribution is -2.30. The summed E-state index contributed by atoms with van der Waals surface area (Å²) >= 11 is 0. The topological polar surface area (TPSA) is 29.3 Å². The third-order valence-corrected chi connectivity index (χ3v) is 3.88. The van der Waals surface area contributed by atoms with Gasteiger partial charge in [-0.15, -0.1) is 0 Å². The van der Waals surface area contributed by atoms with Crippen molar-refractivity contribution in [1.82, 2.24) is 0 Å². The summed E-state index contributed by atoms with van der Waals surface area (Å²) < 4.78 is 38.1. The van der Waals surface area contributed by atoms with E-state index in [9.17, 15) is 13.2 Å². The summed E-state index contributed by atoms with van der Waals surface area (Å²) in [4.78, 5) is 2.08. The van der Waals surface area contributed by atoms with Crippen molar-refractivity contribution in [2.75, 3.05) is 11.9 Å². The summed E-state index contributed by atoms with van der Waals surface area (Å²) in [7, 11) is 1.94. The van der Waals surface area contributed by atoms with Crippen molar-refractivity contribution in [2.24, 2.45) is 5.73 Å². The van der Waals surface area contributed by atoms with Crippen LogP contribution < -0.4 is 10.6 Å². The zero-order valence-corrected chi connectivity index (χ0v) is 11.0. The van der Waals surface area contributed by atoms with Crippen molar-refractivity contribution in [3.63, 3.8) is 0 Å². The number of alkyl halides is 3. The van der Waals surface area contributed by atoms with Gasteiger partial charge in [0.25, 0.3) is 0 Å². The van der Waals surface area contributed by atoms with Crippen molar-refractivity contribution in [3.8, 4) is 0 Å². The highest BCUT2D eigenvalue weighted by Gasteiger charge is 2.31. The molecule has 19 heavy (non-hydrogen) atoms. The first-order valence-corrected chi connectivity index (χ1v) is 6.56. The quantitative estimate of drug-likeness (QED) is 0.912. The highest BCUT2D eigenvalue weighted by molar-refractivity contribution is 5.55. The van der Waals surface area contributed by atoms with Gasteiger partial charge in [-0.2, -0.15) is 13.2 Å². The third kappa shape index (κ3) is 3.03. The maximum absolute atomic E-state index is 12.7. The molecule has 0 heterocycles. The number of hydrogen-bond acceptors (Lipinski definition) is 2. The smallest absolute Gasteiger partial charge is 0.371 e. The van der Waals surface area contributed by atoms with Crippen LogP contribution in [-0.4, -0.2) is 13.1 Å². The molecule has 1 aromatic rings. The third-order valence-electron chi connectivity index (χ3n) is 3.88. The van der Waals surface area contributed by atoms with E-state index < -0.39 is 11.7 Å². The molecule has 0 atom stereocenters. The van der Waals surface area contributed by atoms with Crippen LogP contribution in [0.3, 0.4) is 0 Å². The van der Waals surface area contributed by atoms with Gasteiger partial charge in [-0.25, -0.2) is 0 Å². The van der Waals surface area contributed by atoms with Gasteiger partial charge in [0.15, 0.2) is 0 Å². The van der Waals surface area contributed by atoms with E-state index in [2.05, 4.69) is 4.90 Å². The Hall–Kier alpha value is -1.23. The van der Waals surface area contributed by atoms with Gasteiger partial charge in [-0.3, -0.25) is 0 Å². The van der Waals surface area contributed by atoms with Crippen LogP contribution in [0.1, 0.15) is 36.8 Å². The number of nitrogens with two attached hydrogens (primary N) is 1. The fourth-order valence-electron chi connectivity index (χ4n) is 2.76. The fourth-order valence-corrected chi connectivity index (χ4v) is 2.76. The van der Waals surface area contributed by atoms with E-state index in [0.29, 0.717) is 11.6 Å². The number of halogens is 3. The van der Waals surface area contributed by atoms with E-state index in [4.69, 9.17) is 5.73 Å². The highest BCUT2D eigenvalue weighted by atomic mass is 19.4. The van der Waals surface area contributed by atoms with Crippen LogP contribution in [0.25, 0.3) is 0 Å². The van der Waals surface area contributed by atoms with Gasteiger partial charge in [0.1, 0.15) is 0 Å². The van der Waals surface area contributed by atoms with Crippen molar-refractivity contribution in [2.45, 2.75) is 44.4 Å². The summed E-state index contributed by atoms with van der Waals surface area (Å²) in [6.07, 6.45) is 0.263. The Bertz CT molecular complexity index is 437. The number of anilines is 1. The molecule has 2 N–H and O–H groups in total. The Balaban J connectivity index is 2.30. The SMILES string of the molecule is CN(c1ccc(C(F)(F)F)cc1CN)C1CCCC1. The molecule has 2 rings (SSSR count). The molecule has 0 spiro atoms. The predicted octanol–water partition coefficient (Wildman–Crippen LogP) is 3.54. The van der Waals surface area contributed by atoms with Crippen molar-refractivity contribution in [3.05, 3.63) is 29.3 Å². The van der Waals surface area contributed by atoms with E-state index in [1.165, 1.54) is 18.9 Å². The molecule has 2 nitrogen and oxygen atoms in total. The first-order chi connectivity index (χ1) is 8.93. The van der Waals surface area contributed by atoms with E-state index in [1.54, 1.807) is 6.07 Å². The Morgan fingerprint density at radius 2 is 1.89 bits per heavy atom. The molecule has 1 fully saturated rings. The molecule has 0 aliphatic heterocycles. The highest BCUT2D eigenvalue weighted by Crippen LogP contribution is 2.34. The summed E-state index contributed by atoms with van der Waals surface area (Å²) in [5.74, 6) is 0. The van der Waals surface area contributed by atoms with Crippen LogP contribution in [-0.2, 0) is 12.7 Å². The molecule has 1 aromatic carbocycles. The standard InChI is InChI=1S/C14H19F3N2/c1-19(12-4-2-3-5-12)13-7-6-11(14(15,16)17)8-10(13)9-18/h6-8,12H,2-5,9,18H2,1H3. The average Bonchev–Trinajstić information content (AvgIpc) is 2.90. The summed E-state index contributed by atoms with van der Waals surface area (Å²) in [6.45, 7) is 0.121. The zero-order valence-electron chi connectivity index (χ0n) is 11.0. The van der Waals surface area contributed by atoms with Crippen LogP contribution in [0.2, 0.25) is 0 Å². The molecule has 1 saturated carbocycles. The van der Waals surface area contributed by atoms with Crippen molar-refractivity contribution >= 4 is 5.69 Å². The zero-order chi connectivity index (χ0) is 14.0. The molecular formula is C14H19F3N2. The van der Waals surface area contributed by atoms with E-state index >= 15 is 0 Å². The van der Waals surface area contributed by atoms with Gasteiger partial charge < -0.3 is 10.6 Å². The molecule has 0 aromatic heterocycles.